The lowest BCUT2D eigenvalue weighted by Crippen LogP contribution is -2.37. The van der Waals surface area contributed by atoms with Crippen LogP contribution >= 0.6 is 23.2 Å². The fourth-order valence-electron chi connectivity index (χ4n) is 2.49. The predicted molar refractivity (Wildman–Crippen MR) is 84.8 cm³/mol. The van der Waals surface area contributed by atoms with Crippen molar-refractivity contribution in [2.45, 2.75) is 13.0 Å². The highest BCUT2D eigenvalue weighted by atomic mass is 35.5. The van der Waals surface area contributed by atoms with Gasteiger partial charge in [-0.2, -0.15) is 0 Å². The molecule has 0 unspecified atom stereocenters. The number of hydrogen-bond acceptors (Lipinski definition) is 3. The summed E-state index contributed by atoms with van der Waals surface area (Å²) < 4.78 is 4.91. The number of amides is 1. The highest BCUT2D eigenvalue weighted by Gasteiger charge is 2.19. The number of halogens is 2. The molecule has 21 heavy (non-hydrogen) atoms. The first-order chi connectivity index (χ1) is 10.1. The summed E-state index contributed by atoms with van der Waals surface area (Å²) in [5, 5.41) is 1.16. The SMILES string of the molecule is COCC(=O)N1CCCN(Cc2ccc(Cl)c(Cl)c2)CC1. The van der Waals surface area contributed by atoms with E-state index >= 15 is 0 Å². The van der Waals surface area contributed by atoms with Gasteiger partial charge in [0.1, 0.15) is 6.61 Å². The number of benzene rings is 1. The molecule has 2 rings (SSSR count). The quantitative estimate of drug-likeness (QED) is 0.850. The second-order valence-electron chi connectivity index (χ2n) is 5.19. The molecule has 1 aliphatic heterocycles. The van der Waals surface area contributed by atoms with Gasteiger partial charge in [-0.3, -0.25) is 9.69 Å². The van der Waals surface area contributed by atoms with Crippen LogP contribution in [-0.2, 0) is 16.1 Å². The molecule has 1 fully saturated rings. The number of carbonyl (C=O) groups is 1. The van der Waals surface area contributed by atoms with E-state index in [-0.39, 0.29) is 12.5 Å². The van der Waals surface area contributed by atoms with Crippen molar-refractivity contribution in [3.63, 3.8) is 0 Å². The molecule has 0 atom stereocenters. The van der Waals surface area contributed by atoms with Crippen molar-refractivity contribution in [1.82, 2.24) is 9.80 Å². The summed E-state index contributed by atoms with van der Waals surface area (Å²) in [6, 6.07) is 5.72. The van der Waals surface area contributed by atoms with Crippen LogP contribution in [0.5, 0.6) is 0 Å². The number of ether oxygens (including phenoxy) is 1. The maximum Gasteiger partial charge on any atom is 0.248 e. The molecule has 1 aromatic rings. The zero-order chi connectivity index (χ0) is 15.2. The fourth-order valence-corrected chi connectivity index (χ4v) is 2.81. The van der Waals surface area contributed by atoms with E-state index in [1.165, 1.54) is 0 Å². The van der Waals surface area contributed by atoms with Crippen molar-refractivity contribution >= 4 is 29.1 Å². The van der Waals surface area contributed by atoms with E-state index in [1.807, 2.05) is 23.1 Å². The van der Waals surface area contributed by atoms with Crippen LogP contribution in [0.15, 0.2) is 18.2 Å². The summed E-state index contributed by atoms with van der Waals surface area (Å²) >= 11 is 12.0. The second-order valence-corrected chi connectivity index (χ2v) is 6.01. The Morgan fingerprint density at radius 1 is 1.19 bits per heavy atom. The van der Waals surface area contributed by atoms with E-state index in [1.54, 1.807) is 7.11 Å². The van der Waals surface area contributed by atoms with Gasteiger partial charge in [-0.05, 0) is 24.1 Å². The minimum absolute atomic E-state index is 0.0638. The van der Waals surface area contributed by atoms with Gasteiger partial charge in [0.25, 0.3) is 0 Å². The van der Waals surface area contributed by atoms with Gasteiger partial charge in [-0.15, -0.1) is 0 Å². The summed E-state index contributed by atoms with van der Waals surface area (Å²) in [5.74, 6) is 0.0638. The van der Waals surface area contributed by atoms with E-state index in [4.69, 9.17) is 27.9 Å². The molecule has 1 aliphatic rings. The van der Waals surface area contributed by atoms with Crippen LogP contribution in [0.25, 0.3) is 0 Å². The molecule has 0 aromatic heterocycles. The van der Waals surface area contributed by atoms with Crippen molar-refractivity contribution in [2.24, 2.45) is 0 Å². The van der Waals surface area contributed by atoms with Crippen molar-refractivity contribution in [2.75, 3.05) is 39.9 Å². The first-order valence-electron chi connectivity index (χ1n) is 7.03. The van der Waals surface area contributed by atoms with Gasteiger partial charge >= 0.3 is 0 Å². The zero-order valence-electron chi connectivity index (χ0n) is 12.1. The number of hydrogen-bond donors (Lipinski definition) is 0. The third kappa shape index (κ3) is 4.85. The molecule has 1 heterocycles. The number of nitrogens with zero attached hydrogens (tertiary/aromatic N) is 2. The van der Waals surface area contributed by atoms with Gasteiger partial charge in [0.15, 0.2) is 0 Å². The van der Waals surface area contributed by atoms with Crippen LogP contribution < -0.4 is 0 Å². The molecule has 1 amide bonds. The van der Waals surface area contributed by atoms with Crippen LogP contribution in [0.3, 0.4) is 0 Å². The van der Waals surface area contributed by atoms with Crippen molar-refractivity contribution in [1.29, 1.82) is 0 Å². The lowest BCUT2D eigenvalue weighted by atomic mass is 10.2. The molecule has 6 heteroatoms. The molecule has 0 spiro atoms. The number of carbonyl (C=O) groups excluding carboxylic acids is 1. The highest BCUT2D eigenvalue weighted by molar-refractivity contribution is 6.42. The summed E-state index contributed by atoms with van der Waals surface area (Å²) in [7, 11) is 1.55. The molecule has 4 nitrogen and oxygen atoms in total. The van der Waals surface area contributed by atoms with Crippen LogP contribution in [0.2, 0.25) is 10.0 Å². The largest absolute Gasteiger partial charge is 0.375 e. The first kappa shape index (κ1) is 16.6. The third-order valence-corrected chi connectivity index (χ3v) is 4.34. The Kier molecular flexibility index (Phi) is 6.30. The van der Waals surface area contributed by atoms with E-state index in [0.717, 1.165) is 44.7 Å². The van der Waals surface area contributed by atoms with Crippen molar-refractivity contribution in [3.05, 3.63) is 33.8 Å². The molecule has 1 saturated heterocycles. The van der Waals surface area contributed by atoms with E-state index in [0.29, 0.717) is 10.0 Å². The lowest BCUT2D eigenvalue weighted by Gasteiger charge is -2.22. The Balaban J connectivity index is 1.90. The Labute approximate surface area is 135 Å². The lowest BCUT2D eigenvalue weighted by molar-refractivity contribution is -0.135. The van der Waals surface area contributed by atoms with Crippen LogP contribution in [-0.4, -0.2) is 55.6 Å². The van der Waals surface area contributed by atoms with Gasteiger partial charge in [0.2, 0.25) is 5.91 Å². The average molecular weight is 331 g/mol. The Hall–Kier alpha value is -0.810. The molecular weight excluding hydrogens is 311 g/mol. The maximum absolute atomic E-state index is 11.8. The standard InChI is InChI=1S/C15H20Cl2N2O2/c1-21-11-15(20)19-6-2-5-18(7-8-19)10-12-3-4-13(16)14(17)9-12/h3-4,9H,2,5-8,10-11H2,1H3. The molecule has 0 radical (unpaired) electrons. The fraction of sp³-hybridized carbons (Fsp3) is 0.533. The number of methoxy groups -OCH3 is 1. The van der Waals surface area contributed by atoms with Crippen molar-refractivity contribution in [3.8, 4) is 0 Å². The Bertz CT molecular complexity index is 497. The van der Waals surface area contributed by atoms with E-state index in [2.05, 4.69) is 4.90 Å². The summed E-state index contributed by atoms with van der Waals surface area (Å²) in [5.41, 5.74) is 1.14. The van der Waals surface area contributed by atoms with E-state index in [9.17, 15) is 4.79 Å². The van der Waals surface area contributed by atoms with Gasteiger partial charge in [-0.25, -0.2) is 0 Å². The molecule has 116 valence electrons. The monoisotopic (exact) mass is 330 g/mol. The maximum atomic E-state index is 11.8. The minimum Gasteiger partial charge on any atom is -0.375 e. The third-order valence-electron chi connectivity index (χ3n) is 3.60. The summed E-state index contributed by atoms with van der Waals surface area (Å²) in [6.07, 6.45) is 0.969. The van der Waals surface area contributed by atoms with Gasteiger partial charge in [0.05, 0.1) is 10.0 Å². The molecule has 0 N–H and O–H groups in total. The second kappa shape index (κ2) is 7.99. The van der Waals surface area contributed by atoms with Crippen LogP contribution in [0, 0.1) is 0 Å². The predicted octanol–water partition coefficient (Wildman–Crippen LogP) is 2.67. The summed E-state index contributed by atoms with van der Waals surface area (Å²) in [6.45, 7) is 4.34. The normalized spacial score (nSPS) is 16.8. The Morgan fingerprint density at radius 2 is 2.00 bits per heavy atom. The minimum atomic E-state index is 0.0638. The molecular formula is C15H20Cl2N2O2. The van der Waals surface area contributed by atoms with Gasteiger partial charge in [0, 0.05) is 39.8 Å². The van der Waals surface area contributed by atoms with Gasteiger partial charge in [-0.1, -0.05) is 29.3 Å². The topological polar surface area (TPSA) is 32.8 Å². The van der Waals surface area contributed by atoms with Gasteiger partial charge < -0.3 is 9.64 Å². The van der Waals surface area contributed by atoms with Crippen LogP contribution in [0.1, 0.15) is 12.0 Å². The molecule has 0 saturated carbocycles. The smallest absolute Gasteiger partial charge is 0.248 e. The summed E-state index contributed by atoms with van der Waals surface area (Å²) in [4.78, 5) is 16.1. The van der Waals surface area contributed by atoms with Crippen molar-refractivity contribution < 1.29 is 9.53 Å². The number of rotatable bonds is 4. The van der Waals surface area contributed by atoms with E-state index < -0.39 is 0 Å². The highest BCUT2D eigenvalue weighted by Crippen LogP contribution is 2.23. The zero-order valence-corrected chi connectivity index (χ0v) is 13.7. The molecule has 1 aromatic carbocycles. The Morgan fingerprint density at radius 3 is 2.71 bits per heavy atom. The van der Waals surface area contributed by atoms with Crippen LogP contribution in [0.4, 0.5) is 0 Å². The molecule has 0 aliphatic carbocycles. The molecule has 0 bridgehead atoms. The average Bonchev–Trinajstić information content (AvgIpc) is 2.69. The first-order valence-corrected chi connectivity index (χ1v) is 7.78.